The Hall–Kier alpha value is -4.14. The highest BCUT2D eigenvalue weighted by Crippen LogP contribution is 2.20. The Morgan fingerprint density at radius 2 is 1.94 bits per heavy atom. The van der Waals surface area contributed by atoms with E-state index in [4.69, 9.17) is 4.74 Å². The maximum atomic E-state index is 13.3. The molecular formula is C22H19FN6O2. The van der Waals surface area contributed by atoms with Crippen LogP contribution in [0.2, 0.25) is 0 Å². The van der Waals surface area contributed by atoms with Gasteiger partial charge in [-0.05, 0) is 33.7 Å². The summed E-state index contributed by atoms with van der Waals surface area (Å²) in [6.07, 6.45) is 3.47. The monoisotopic (exact) mass is 418 g/mol. The summed E-state index contributed by atoms with van der Waals surface area (Å²) in [6, 6.07) is 18.3. The van der Waals surface area contributed by atoms with Crippen LogP contribution in [0.25, 0.3) is 0 Å². The van der Waals surface area contributed by atoms with E-state index in [2.05, 4.69) is 25.8 Å². The molecule has 0 radical (unpaired) electrons. The normalized spacial score (nSPS) is 11.6. The number of benzene rings is 2. The molecule has 2 heterocycles. The van der Waals surface area contributed by atoms with Gasteiger partial charge in [0.15, 0.2) is 0 Å². The van der Waals surface area contributed by atoms with Gasteiger partial charge in [-0.3, -0.25) is 4.79 Å². The first kappa shape index (κ1) is 20.1. The number of hydrogen-bond acceptors (Lipinski definition) is 6. The average molecular weight is 418 g/mol. The van der Waals surface area contributed by atoms with Crippen LogP contribution in [0.5, 0.6) is 11.6 Å². The predicted octanol–water partition coefficient (Wildman–Crippen LogP) is 3.10. The Bertz CT molecular complexity index is 1120. The Kier molecular flexibility index (Phi) is 6.22. The number of aromatic nitrogens is 5. The molecule has 0 spiro atoms. The molecular weight excluding hydrogens is 399 g/mol. The number of amides is 1. The van der Waals surface area contributed by atoms with Crippen LogP contribution >= 0.6 is 0 Å². The lowest BCUT2D eigenvalue weighted by Gasteiger charge is -2.16. The molecule has 8 nitrogen and oxygen atoms in total. The smallest absolute Gasteiger partial charge is 0.245 e. The minimum Gasteiger partial charge on any atom is -0.439 e. The zero-order chi connectivity index (χ0) is 21.5. The lowest BCUT2D eigenvalue weighted by molar-refractivity contribution is -0.124. The summed E-state index contributed by atoms with van der Waals surface area (Å²) in [6.45, 7) is 0.277. The SMILES string of the molecule is O=C(NCc1ccc(Oc2cccc(F)c2)nc1)C(Cc1ccccc1)n1cnnn1. The van der Waals surface area contributed by atoms with Crippen molar-refractivity contribution in [1.82, 2.24) is 30.5 Å². The van der Waals surface area contributed by atoms with Crippen molar-refractivity contribution in [2.75, 3.05) is 0 Å². The van der Waals surface area contributed by atoms with E-state index < -0.39 is 6.04 Å². The fourth-order valence-corrected chi connectivity index (χ4v) is 2.99. The Morgan fingerprint density at radius 1 is 1.06 bits per heavy atom. The molecule has 2 aromatic carbocycles. The first-order valence-corrected chi connectivity index (χ1v) is 9.60. The quantitative estimate of drug-likeness (QED) is 0.473. The number of tetrazole rings is 1. The largest absolute Gasteiger partial charge is 0.439 e. The van der Waals surface area contributed by atoms with Crippen molar-refractivity contribution in [3.05, 3.63) is 96.2 Å². The van der Waals surface area contributed by atoms with Crippen LogP contribution in [-0.4, -0.2) is 31.1 Å². The minimum absolute atomic E-state index is 0.212. The van der Waals surface area contributed by atoms with E-state index in [0.29, 0.717) is 18.1 Å². The molecule has 9 heteroatoms. The van der Waals surface area contributed by atoms with Gasteiger partial charge in [0.2, 0.25) is 11.8 Å². The number of carbonyl (C=O) groups excluding carboxylic acids is 1. The Labute approximate surface area is 177 Å². The second kappa shape index (κ2) is 9.57. The number of halogens is 1. The standard InChI is InChI=1S/C22H19FN6O2/c23-18-7-4-8-19(12-18)31-21-10-9-17(13-24-21)14-25-22(30)20(29-15-26-27-28-29)11-16-5-2-1-3-6-16/h1-10,12-13,15,20H,11,14H2,(H,25,30). The Balaban J connectivity index is 1.38. The molecule has 1 N–H and O–H groups in total. The van der Waals surface area contributed by atoms with Crippen LogP contribution in [0.3, 0.4) is 0 Å². The average Bonchev–Trinajstić information content (AvgIpc) is 3.32. The zero-order valence-corrected chi connectivity index (χ0v) is 16.4. The van der Waals surface area contributed by atoms with Crippen LogP contribution in [0.15, 0.2) is 79.3 Å². The molecule has 156 valence electrons. The van der Waals surface area contributed by atoms with Crippen LogP contribution in [0, 0.1) is 5.82 Å². The maximum Gasteiger partial charge on any atom is 0.245 e. The van der Waals surface area contributed by atoms with Gasteiger partial charge in [-0.15, -0.1) is 5.10 Å². The molecule has 0 fully saturated rings. The highest BCUT2D eigenvalue weighted by atomic mass is 19.1. The van der Waals surface area contributed by atoms with Crippen LogP contribution < -0.4 is 10.1 Å². The topological polar surface area (TPSA) is 94.8 Å². The van der Waals surface area contributed by atoms with Crippen molar-refractivity contribution in [3.8, 4) is 11.6 Å². The number of nitrogens with zero attached hydrogens (tertiary/aromatic N) is 5. The van der Waals surface area contributed by atoms with Crippen LogP contribution in [-0.2, 0) is 17.8 Å². The third-order valence-electron chi connectivity index (χ3n) is 4.54. The van der Waals surface area contributed by atoms with Crippen molar-refractivity contribution >= 4 is 5.91 Å². The first-order chi connectivity index (χ1) is 15.2. The van der Waals surface area contributed by atoms with Crippen LogP contribution in [0.4, 0.5) is 4.39 Å². The minimum atomic E-state index is -0.582. The van der Waals surface area contributed by atoms with Gasteiger partial charge in [0, 0.05) is 31.3 Å². The number of nitrogens with one attached hydrogen (secondary N) is 1. The lowest BCUT2D eigenvalue weighted by atomic mass is 10.1. The molecule has 4 aromatic rings. The summed E-state index contributed by atoms with van der Waals surface area (Å²) < 4.78 is 20.2. The van der Waals surface area contributed by atoms with E-state index in [1.165, 1.54) is 23.1 Å². The second-order valence-electron chi connectivity index (χ2n) is 6.78. The van der Waals surface area contributed by atoms with Gasteiger partial charge in [0.05, 0.1) is 0 Å². The van der Waals surface area contributed by atoms with E-state index in [0.717, 1.165) is 11.1 Å². The number of pyridine rings is 1. The van der Waals surface area contributed by atoms with Crippen molar-refractivity contribution in [2.24, 2.45) is 0 Å². The summed E-state index contributed by atoms with van der Waals surface area (Å²) in [7, 11) is 0. The molecule has 0 aliphatic rings. The fourth-order valence-electron chi connectivity index (χ4n) is 2.99. The van der Waals surface area contributed by atoms with Gasteiger partial charge >= 0.3 is 0 Å². The molecule has 1 unspecified atom stereocenters. The zero-order valence-electron chi connectivity index (χ0n) is 16.4. The molecule has 0 saturated carbocycles. The lowest BCUT2D eigenvalue weighted by Crippen LogP contribution is -2.34. The molecule has 4 rings (SSSR count). The van der Waals surface area contributed by atoms with E-state index in [-0.39, 0.29) is 18.3 Å². The number of hydrogen-bond donors (Lipinski definition) is 1. The fraction of sp³-hybridized carbons (Fsp3) is 0.136. The highest BCUT2D eigenvalue weighted by Gasteiger charge is 2.22. The van der Waals surface area contributed by atoms with E-state index in [1.807, 2.05) is 30.3 Å². The summed E-state index contributed by atoms with van der Waals surface area (Å²) in [5.41, 5.74) is 1.79. The van der Waals surface area contributed by atoms with Crippen LogP contribution in [0.1, 0.15) is 17.2 Å². The van der Waals surface area contributed by atoms with Crippen molar-refractivity contribution < 1.29 is 13.9 Å². The Morgan fingerprint density at radius 3 is 2.65 bits per heavy atom. The molecule has 0 bridgehead atoms. The van der Waals surface area contributed by atoms with Crippen molar-refractivity contribution in [1.29, 1.82) is 0 Å². The van der Waals surface area contributed by atoms with Gasteiger partial charge in [-0.1, -0.05) is 42.5 Å². The molecule has 0 aliphatic heterocycles. The van der Waals surface area contributed by atoms with Gasteiger partial charge < -0.3 is 10.1 Å². The van der Waals surface area contributed by atoms with Gasteiger partial charge in [-0.2, -0.15) is 0 Å². The number of ether oxygens (including phenoxy) is 1. The van der Waals surface area contributed by atoms with Gasteiger partial charge in [0.1, 0.15) is 23.9 Å². The van der Waals surface area contributed by atoms with Gasteiger partial charge in [0.25, 0.3) is 0 Å². The van der Waals surface area contributed by atoms with E-state index in [9.17, 15) is 9.18 Å². The molecule has 31 heavy (non-hydrogen) atoms. The number of rotatable bonds is 8. The molecule has 1 atom stereocenters. The van der Waals surface area contributed by atoms with E-state index >= 15 is 0 Å². The molecule has 0 aliphatic carbocycles. The first-order valence-electron chi connectivity index (χ1n) is 9.60. The van der Waals surface area contributed by atoms with Gasteiger partial charge in [-0.25, -0.2) is 14.1 Å². The summed E-state index contributed by atoms with van der Waals surface area (Å²) in [5.74, 6) is 0.0933. The van der Waals surface area contributed by atoms with Crippen molar-refractivity contribution in [2.45, 2.75) is 19.0 Å². The van der Waals surface area contributed by atoms with E-state index in [1.54, 1.807) is 30.5 Å². The second-order valence-corrected chi connectivity index (χ2v) is 6.78. The maximum absolute atomic E-state index is 13.3. The molecule has 2 aromatic heterocycles. The van der Waals surface area contributed by atoms with Crippen molar-refractivity contribution in [3.63, 3.8) is 0 Å². The summed E-state index contributed by atoms with van der Waals surface area (Å²) in [5, 5.41) is 14.1. The third kappa shape index (κ3) is 5.47. The highest BCUT2D eigenvalue weighted by molar-refractivity contribution is 5.80. The predicted molar refractivity (Wildman–Crippen MR) is 110 cm³/mol. The molecule has 1 amide bonds. The number of carbonyl (C=O) groups is 1. The summed E-state index contributed by atoms with van der Waals surface area (Å²) in [4.78, 5) is 17.1. The summed E-state index contributed by atoms with van der Waals surface area (Å²) >= 11 is 0. The molecule has 0 saturated heterocycles. The third-order valence-corrected chi connectivity index (χ3v) is 4.54.